The van der Waals surface area contributed by atoms with Crippen LogP contribution in [0.15, 0.2) is 12.2 Å². The fourth-order valence-corrected chi connectivity index (χ4v) is 4.80. The molecule has 4 amide bonds. The van der Waals surface area contributed by atoms with Crippen molar-refractivity contribution < 1.29 is 14.4 Å². The Hall–Kier alpha value is -2.29. The summed E-state index contributed by atoms with van der Waals surface area (Å²) in [5.74, 6) is -0.602. The normalized spacial score (nSPS) is 31.2. The van der Waals surface area contributed by atoms with E-state index in [4.69, 9.17) is 0 Å². The number of hydrogen-bond donors (Lipinski definition) is 2. The minimum atomic E-state index is -0.709. The van der Waals surface area contributed by atoms with E-state index in [2.05, 4.69) is 33.0 Å². The molecule has 1 saturated carbocycles. The minimum Gasteiger partial charge on any atom is -0.317 e. The summed E-state index contributed by atoms with van der Waals surface area (Å²) in [7, 11) is 0. The van der Waals surface area contributed by atoms with Gasteiger partial charge in [0.15, 0.2) is 0 Å². The van der Waals surface area contributed by atoms with Crippen LogP contribution < -0.4 is 10.6 Å². The van der Waals surface area contributed by atoms with Gasteiger partial charge in [-0.25, -0.2) is 4.79 Å². The quantitative estimate of drug-likeness (QED) is 0.627. The van der Waals surface area contributed by atoms with Crippen LogP contribution in [0.3, 0.4) is 0 Å². The molecular weight excluding hydrogens is 342 g/mol. The van der Waals surface area contributed by atoms with Crippen LogP contribution in [0.2, 0.25) is 0 Å². The van der Waals surface area contributed by atoms with Gasteiger partial charge in [0.2, 0.25) is 16.9 Å². The van der Waals surface area contributed by atoms with Gasteiger partial charge in [-0.1, -0.05) is 23.5 Å². The SMILES string of the molecule is Cc1nnc(NC(=O)N[C@H](C)N2C(=O)[C@@H]3[C@H](C2=O)[C@H]2C=C[C@H]3CC2)s1. The lowest BCUT2D eigenvalue weighted by molar-refractivity contribution is -0.142. The number of fused-ring (bicyclic) bond motifs is 1. The van der Waals surface area contributed by atoms with Gasteiger partial charge in [-0.3, -0.25) is 19.8 Å². The number of imide groups is 1. The van der Waals surface area contributed by atoms with Crippen molar-refractivity contribution in [1.29, 1.82) is 0 Å². The van der Waals surface area contributed by atoms with Crippen molar-refractivity contribution in [2.75, 3.05) is 5.32 Å². The van der Waals surface area contributed by atoms with Crippen molar-refractivity contribution in [3.8, 4) is 0 Å². The lowest BCUT2D eigenvalue weighted by atomic mass is 9.63. The third-order valence-electron chi connectivity index (χ3n) is 5.27. The Kier molecular flexibility index (Phi) is 3.82. The second kappa shape index (κ2) is 5.91. The van der Waals surface area contributed by atoms with E-state index in [1.54, 1.807) is 13.8 Å². The van der Waals surface area contributed by atoms with Crippen LogP contribution in [0.4, 0.5) is 9.93 Å². The standard InChI is InChI=1S/C16H19N5O3S/c1-7(17-15(24)18-16-20-19-8(2)25-16)21-13(22)11-9-3-4-10(6-5-9)12(11)14(21)23/h3-4,7,9-12H,5-6H2,1-2H3,(H2,17,18,20,24)/t7-,9-,10-,11-,12+/m0/s1. The molecule has 2 fully saturated rings. The molecule has 0 spiro atoms. The molecule has 0 unspecified atom stereocenters. The summed E-state index contributed by atoms with van der Waals surface area (Å²) in [4.78, 5) is 38.9. The van der Waals surface area contributed by atoms with E-state index >= 15 is 0 Å². The first kappa shape index (κ1) is 16.2. The Morgan fingerprint density at radius 3 is 2.28 bits per heavy atom. The van der Waals surface area contributed by atoms with Gasteiger partial charge in [0.25, 0.3) is 0 Å². The van der Waals surface area contributed by atoms with E-state index in [9.17, 15) is 14.4 Å². The molecule has 2 bridgehead atoms. The molecule has 1 aliphatic heterocycles. The molecule has 2 N–H and O–H groups in total. The first-order valence-corrected chi connectivity index (χ1v) is 9.20. The Morgan fingerprint density at radius 2 is 1.80 bits per heavy atom. The molecule has 2 heterocycles. The van der Waals surface area contributed by atoms with Gasteiger partial charge in [-0.15, -0.1) is 10.2 Å². The predicted molar refractivity (Wildman–Crippen MR) is 90.4 cm³/mol. The van der Waals surface area contributed by atoms with E-state index in [1.807, 2.05) is 0 Å². The Labute approximate surface area is 148 Å². The van der Waals surface area contributed by atoms with Crippen LogP contribution in [0.25, 0.3) is 0 Å². The maximum atomic E-state index is 12.8. The molecule has 9 heteroatoms. The molecule has 8 nitrogen and oxygen atoms in total. The second-order valence-corrected chi connectivity index (χ2v) is 7.97. The Bertz CT molecular complexity index is 744. The highest BCUT2D eigenvalue weighted by molar-refractivity contribution is 7.15. The van der Waals surface area contributed by atoms with Gasteiger partial charge >= 0.3 is 6.03 Å². The largest absolute Gasteiger partial charge is 0.322 e. The lowest BCUT2D eigenvalue weighted by Gasteiger charge is -2.38. The number of hydrogen-bond acceptors (Lipinski definition) is 6. The molecule has 0 aromatic carbocycles. The zero-order valence-electron chi connectivity index (χ0n) is 13.9. The molecule has 25 heavy (non-hydrogen) atoms. The summed E-state index contributed by atoms with van der Waals surface area (Å²) in [6, 6.07) is -0.514. The van der Waals surface area contributed by atoms with Crippen LogP contribution in [0.1, 0.15) is 24.8 Å². The number of anilines is 1. The number of urea groups is 1. The molecule has 3 aliphatic carbocycles. The summed E-state index contributed by atoms with van der Waals surface area (Å²) in [5, 5.41) is 14.0. The monoisotopic (exact) mass is 361 g/mol. The van der Waals surface area contributed by atoms with Crippen LogP contribution in [0, 0.1) is 30.6 Å². The van der Waals surface area contributed by atoms with Crippen molar-refractivity contribution >= 4 is 34.3 Å². The number of likely N-dealkylation sites (tertiary alicyclic amines) is 1. The van der Waals surface area contributed by atoms with Gasteiger partial charge in [0.05, 0.1) is 11.8 Å². The van der Waals surface area contributed by atoms with Gasteiger partial charge < -0.3 is 5.32 Å². The summed E-state index contributed by atoms with van der Waals surface area (Å²) in [6.45, 7) is 3.43. The number of amides is 4. The minimum absolute atomic E-state index is 0.141. The van der Waals surface area contributed by atoms with E-state index in [-0.39, 0.29) is 35.5 Å². The summed E-state index contributed by atoms with van der Waals surface area (Å²) >= 11 is 1.25. The topological polar surface area (TPSA) is 104 Å². The lowest BCUT2D eigenvalue weighted by Crippen LogP contribution is -2.50. The van der Waals surface area contributed by atoms with Gasteiger partial charge in [0.1, 0.15) is 11.2 Å². The molecule has 132 valence electrons. The summed E-state index contributed by atoms with van der Waals surface area (Å²) in [6.07, 6.45) is 5.35. The van der Waals surface area contributed by atoms with Crippen molar-refractivity contribution in [2.45, 2.75) is 32.9 Å². The molecule has 4 aliphatic rings. The first-order valence-electron chi connectivity index (χ1n) is 8.38. The highest BCUT2D eigenvalue weighted by Crippen LogP contribution is 2.49. The third-order valence-corrected chi connectivity index (χ3v) is 6.02. The third kappa shape index (κ3) is 2.62. The van der Waals surface area contributed by atoms with Crippen molar-refractivity contribution in [3.05, 3.63) is 17.2 Å². The van der Waals surface area contributed by atoms with E-state index in [0.717, 1.165) is 17.8 Å². The fraction of sp³-hybridized carbons (Fsp3) is 0.562. The summed E-state index contributed by atoms with van der Waals surface area (Å²) in [5.41, 5.74) is 0. The Morgan fingerprint density at radius 1 is 1.20 bits per heavy atom. The molecule has 5 rings (SSSR count). The highest BCUT2D eigenvalue weighted by Gasteiger charge is 2.57. The number of aryl methyl sites for hydroxylation is 1. The van der Waals surface area contributed by atoms with E-state index in [1.165, 1.54) is 16.2 Å². The van der Waals surface area contributed by atoms with E-state index in [0.29, 0.717) is 5.13 Å². The number of rotatable bonds is 3. The van der Waals surface area contributed by atoms with Crippen LogP contribution in [-0.4, -0.2) is 39.1 Å². The zero-order chi connectivity index (χ0) is 17.7. The van der Waals surface area contributed by atoms with Crippen molar-refractivity contribution in [3.63, 3.8) is 0 Å². The molecular formula is C16H19N5O3S. The number of nitrogens with one attached hydrogen (secondary N) is 2. The smallest absolute Gasteiger partial charge is 0.317 e. The molecule has 1 aromatic rings. The number of carbonyl (C=O) groups excluding carboxylic acids is 3. The number of allylic oxidation sites excluding steroid dienone is 2. The molecule has 0 radical (unpaired) electrons. The maximum Gasteiger partial charge on any atom is 0.322 e. The number of carbonyl (C=O) groups is 3. The zero-order valence-corrected chi connectivity index (χ0v) is 14.7. The first-order chi connectivity index (χ1) is 12.0. The highest BCUT2D eigenvalue weighted by atomic mass is 32.1. The fourth-order valence-electron chi connectivity index (χ4n) is 4.21. The van der Waals surface area contributed by atoms with Crippen molar-refractivity contribution in [1.82, 2.24) is 20.4 Å². The maximum absolute atomic E-state index is 12.8. The summed E-state index contributed by atoms with van der Waals surface area (Å²) < 4.78 is 0. The van der Waals surface area contributed by atoms with Gasteiger partial charge in [-0.2, -0.15) is 0 Å². The Balaban J connectivity index is 1.45. The molecule has 1 saturated heterocycles. The van der Waals surface area contributed by atoms with Gasteiger partial charge in [-0.05, 0) is 38.5 Å². The number of nitrogens with zero attached hydrogens (tertiary/aromatic N) is 3. The van der Waals surface area contributed by atoms with Crippen LogP contribution >= 0.6 is 11.3 Å². The van der Waals surface area contributed by atoms with Crippen molar-refractivity contribution in [2.24, 2.45) is 23.7 Å². The predicted octanol–water partition coefficient (Wildman–Crippen LogP) is 1.51. The second-order valence-electron chi connectivity index (χ2n) is 6.79. The number of aromatic nitrogens is 2. The van der Waals surface area contributed by atoms with Gasteiger partial charge in [0, 0.05) is 0 Å². The van der Waals surface area contributed by atoms with E-state index < -0.39 is 12.2 Å². The average molecular weight is 361 g/mol. The van der Waals surface area contributed by atoms with Crippen LogP contribution in [-0.2, 0) is 9.59 Å². The molecule has 5 atom stereocenters. The van der Waals surface area contributed by atoms with Crippen LogP contribution in [0.5, 0.6) is 0 Å². The average Bonchev–Trinajstić information content (AvgIpc) is 3.11. The molecule has 1 aromatic heterocycles.